The van der Waals surface area contributed by atoms with E-state index in [2.05, 4.69) is 5.32 Å². The summed E-state index contributed by atoms with van der Waals surface area (Å²) in [4.78, 5) is 27.4. The highest BCUT2D eigenvalue weighted by Gasteiger charge is 2.20. The SMILES string of the molecule is Cc1ccc(NC(=O)CN2CCCN(C)C(=O)C2)cc1N. The normalized spacial score (nSPS) is 16.7. The van der Waals surface area contributed by atoms with Crippen molar-refractivity contribution in [2.24, 2.45) is 0 Å². The molecule has 3 N–H and O–H groups in total. The number of hydrogen-bond acceptors (Lipinski definition) is 4. The largest absolute Gasteiger partial charge is 0.398 e. The first-order valence-corrected chi connectivity index (χ1v) is 7.08. The molecule has 0 spiro atoms. The molecule has 0 aromatic heterocycles. The smallest absolute Gasteiger partial charge is 0.238 e. The number of benzene rings is 1. The van der Waals surface area contributed by atoms with Crippen LogP contribution < -0.4 is 11.1 Å². The Labute approximate surface area is 124 Å². The highest BCUT2D eigenvalue weighted by molar-refractivity contribution is 5.93. The minimum Gasteiger partial charge on any atom is -0.398 e. The highest BCUT2D eigenvalue weighted by Crippen LogP contribution is 2.16. The molecule has 2 rings (SSSR count). The lowest BCUT2D eigenvalue weighted by atomic mass is 10.2. The number of hydrogen-bond donors (Lipinski definition) is 2. The summed E-state index contributed by atoms with van der Waals surface area (Å²) in [5, 5.41) is 2.82. The summed E-state index contributed by atoms with van der Waals surface area (Å²) in [6.07, 6.45) is 0.882. The molecule has 1 aromatic carbocycles. The predicted octanol–water partition coefficient (Wildman–Crippen LogP) is 0.680. The molecule has 1 fully saturated rings. The van der Waals surface area contributed by atoms with E-state index in [9.17, 15) is 9.59 Å². The zero-order chi connectivity index (χ0) is 15.4. The molecule has 1 saturated heterocycles. The zero-order valence-electron chi connectivity index (χ0n) is 12.6. The molecule has 0 radical (unpaired) electrons. The number of likely N-dealkylation sites (N-methyl/N-ethyl adjacent to an activating group) is 1. The van der Waals surface area contributed by atoms with Crippen LogP contribution in [0, 0.1) is 6.92 Å². The molecule has 114 valence electrons. The Morgan fingerprint density at radius 2 is 2.14 bits per heavy atom. The molecular weight excluding hydrogens is 268 g/mol. The van der Waals surface area contributed by atoms with Gasteiger partial charge in [0.1, 0.15) is 0 Å². The van der Waals surface area contributed by atoms with Gasteiger partial charge >= 0.3 is 0 Å². The van der Waals surface area contributed by atoms with Gasteiger partial charge in [-0.05, 0) is 31.0 Å². The molecule has 1 aromatic rings. The van der Waals surface area contributed by atoms with Crippen LogP contribution in [-0.2, 0) is 9.59 Å². The lowest BCUT2D eigenvalue weighted by Gasteiger charge is -2.18. The summed E-state index contributed by atoms with van der Waals surface area (Å²) in [5.41, 5.74) is 8.14. The van der Waals surface area contributed by atoms with Crippen molar-refractivity contribution in [1.82, 2.24) is 9.80 Å². The molecule has 1 heterocycles. The first-order chi connectivity index (χ1) is 9.95. The molecule has 1 aliphatic heterocycles. The summed E-state index contributed by atoms with van der Waals surface area (Å²) in [5.74, 6) is -0.0736. The molecule has 0 unspecified atom stereocenters. The third-order valence-electron chi connectivity index (χ3n) is 3.68. The van der Waals surface area contributed by atoms with Gasteiger partial charge < -0.3 is 16.0 Å². The van der Waals surface area contributed by atoms with Gasteiger partial charge in [0, 0.05) is 31.5 Å². The predicted molar refractivity (Wildman–Crippen MR) is 82.9 cm³/mol. The first-order valence-electron chi connectivity index (χ1n) is 7.08. The van der Waals surface area contributed by atoms with Crippen molar-refractivity contribution >= 4 is 23.2 Å². The lowest BCUT2D eigenvalue weighted by Crippen LogP contribution is -2.38. The number of rotatable bonds is 3. The molecule has 0 bridgehead atoms. The maximum Gasteiger partial charge on any atom is 0.238 e. The number of nitrogens with one attached hydrogen (secondary N) is 1. The number of nitrogens with zero attached hydrogens (tertiary/aromatic N) is 2. The van der Waals surface area contributed by atoms with Gasteiger partial charge in [0.05, 0.1) is 13.1 Å². The van der Waals surface area contributed by atoms with Crippen molar-refractivity contribution in [3.05, 3.63) is 23.8 Å². The number of carbonyl (C=O) groups is 2. The van der Waals surface area contributed by atoms with Crippen LogP contribution in [-0.4, -0.2) is 54.8 Å². The maximum absolute atomic E-state index is 12.1. The fourth-order valence-electron chi connectivity index (χ4n) is 2.30. The first kappa shape index (κ1) is 15.3. The second kappa shape index (κ2) is 6.58. The van der Waals surface area contributed by atoms with E-state index in [4.69, 9.17) is 5.73 Å². The number of anilines is 2. The monoisotopic (exact) mass is 290 g/mol. The molecule has 2 amide bonds. The van der Waals surface area contributed by atoms with Gasteiger partial charge in [0.15, 0.2) is 0 Å². The van der Waals surface area contributed by atoms with Crippen molar-refractivity contribution in [3.63, 3.8) is 0 Å². The zero-order valence-corrected chi connectivity index (χ0v) is 12.6. The van der Waals surface area contributed by atoms with Gasteiger partial charge in [0.25, 0.3) is 0 Å². The standard InChI is InChI=1S/C15H22N4O2/c1-11-4-5-12(8-13(11)16)17-14(20)9-19-7-3-6-18(2)15(21)10-19/h4-5,8H,3,6-7,9-10,16H2,1-2H3,(H,17,20). The second-order valence-corrected chi connectivity index (χ2v) is 5.50. The minimum atomic E-state index is -0.129. The quantitative estimate of drug-likeness (QED) is 0.802. The molecule has 6 nitrogen and oxygen atoms in total. The molecule has 0 saturated carbocycles. The van der Waals surface area contributed by atoms with Gasteiger partial charge in [0.2, 0.25) is 11.8 Å². The van der Waals surface area contributed by atoms with E-state index in [1.54, 1.807) is 18.0 Å². The fraction of sp³-hybridized carbons (Fsp3) is 0.467. The average Bonchev–Trinajstić information content (AvgIpc) is 2.56. The van der Waals surface area contributed by atoms with Gasteiger partial charge in [-0.3, -0.25) is 14.5 Å². The fourth-order valence-corrected chi connectivity index (χ4v) is 2.30. The second-order valence-electron chi connectivity index (χ2n) is 5.50. The number of aryl methyl sites for hydroxylation is 1. The van der Waals surface area contributed by atoms with E-state index < -0.39 is 0 Å². The molecule has 1 aliphatic rings. The lowest BCUT2D eigenvalue weighted by molar-refractivity contribution is -0.130. The van der Waals surface area contributed by atoms with E-state index >= 15 is 0 Å². The van der Waals surface area contributed by atoms with E-state index in [1.165, 1.54) is 0 Å². The number of nitrogen functional groups attached to an aromatic ring is 1. The summed E-state index contributed by atoms with van der Waals surface area (Å²) >= 11 is 0. The van der Waals surface area contributed by atoms with E-state index in [0.29, 0.717) is 17.9 Å². The topological polar surface area (TPSA) is 78.7 Å². The van der Waals surface area contributed by atoms with Gasteiger partial charge in [-0.25, -0.2) is 0 Å². The van der Waals surface area contributed by atoms with Gasteiger partial charge in [-0.15, -0.1) is 0 Å². The Morgan fingerprint density at radius 1 is 1.38 bits per heavy atom. The van der Waals surface area contributed by atoms with Crippen molar-refractivity contribution < 1.29 is 9.59 Å². The van der Waals surface area contributed by atoms with Crippen LogP contribution >= 0.6 is 0 Å². The van der Waals surface area contributed by atoms with Crippen molar-refractivity contribution in [2.45, 2.75) is 13.3 Å². The van der Waals surface area contributed by atoms with Crippen LogP contribution in [0.5, 0.6) is 0 Å². The van der Waals surface area contributed by atoms with Gasteiger partial charge in [-0.1, -0.05) is 6.07 Å². The van der Waals surface area contributed by atoms with Crippen LogP contribution in [0.1, 0.15) is 12.0 Å². The Bertz CT molecular complexity index is 544. The molecule has 0 aliphatic carbocycles. The molecule has 21 heavy (non-hydrogen) atoms. The van der Waals surface area contributed by atoms with E-state index in [0.717, 1.165) is 25.1 Å². The summed E-state index contributed by atoms with van der Waals surface area (Å²) in [6.45, 7) is 3.92. The summed E-state index contributed by atoms with van der Waals surface area (Å²) in [7, 11) is 1.79. The van der Waals surface area contributed by atoms with E-state index in [-0.39, 0.29) is 18.4 Å². The van der Waals surface area contributed by atoms with E-state index in [1.807, 2.05) is 24.0 Å². The Hall–Kier alpha value is -2.08. The van der Waals surface area contributed by atoms with Crippen molar-refractivity contribution in [3.8, 4) is 0 Å². The number of amides is 2. The number of nitrogens with two attached hydrogens (primary N) is 1. The molecular formula is C15H22N4O2. The summed E-state index contributed by atoms with van der Waals surface area (Å²) in [6, 6.07) is 5.44. The maximum atomic E-state index is 12.1. The van der Waals surface area contributed by atoms with Crippen LogP contribution in [0.2, 0.25) is 0 Å². The van der Waals surface area contributed by atoms with Crippen LogP contribution in [0.3, 0.4) is 0 Å². The Balaban J connectivity index is 1.91. The van der Waals surface area contributed by atoms with Gasteiger partial charge in [-0.2, -0.15) is 0 Å². The van der Waals surface area contributed by atoms with Crippen molar-refractivity contribution in [2.75, 3.05) is 44.3 Å². The average molecular weight is 290 g/mol. The molecule has 0 atom stereocenters. The van der Waals surface area contributed by atoms with Crippen molar-refractivity contribution in [1.29, 1.82) is 0 Å². The summed E-state index contributed by atoms with van der Waals surface area (Å²) < 4.78 is 0. The highest BCUT2D eigenvalue weighted by atomic mass is 16.2. The molecule has 6 heteroatoms. The number of carbonyl (C=O) groups excluding carboxylic acids is 2. The van der Waals surface area contributed by atoms with Crippen LogP contribution in [0.15, 0.2) is 18.2 Å². The minimum absolute atomic E-state index is 0.0554. The van der Waals surface area contributed by atoms with Crippen LogP contribution in [0.4, 0.5) is 11.4 Å². The van der Waals surface area contributed by atoms with Crippen LogP contribution in [0.25, 0.3) is 0 Å². The third kappa shape index (κ3) is 4.19. The third-order valence-corrected chi connectivity index (χ3v) is 3.68. The Kier molecular flexibility index (Phi) is 4.80. The Morgan fingerprint density at radius 3 is 2.86 bits per heavy atom.